The number of rotatable bonds is 5. The Kier molecular flexibility index (Phi) is 5.83. The lowest BCUT2D eigenvalue weighted by Gasteiger charge is -2.17. The van der Waals surface area contributed by atoms with Crippen molar-refractivity contribution in [3.8, 4) is 0 Å². The van der Waals surface area contributed by atoms with E-state index >= 15 is 0 Å². The third-order valence-corrected chi connectivity index (χ3v) is 1.76. The van der Waals surface area contributed by atoms with Crippen molar-refractivity contribution in [3.05, 3.63) is 0 Å². The van der Waals surface area contributed by atoms with Gasteiger partial charge in [-0.3, -0.25) is 10.1 Å². The molecule has 1 atom stereocenters. The number of urea groups is 1. The molecule has 94 valence electrons. The van der Waals surface area contributed by atoms with Gasteiger partial charge in [-0.25, -0.2) is 13.6 Å². The van der Waals surface area contributed by atoms with E-state index in [9.17, 15) is 18.4 Å². The van der Waals surface area contributed by atoms with Crippen molar-refractivity contribution in [1.82, 2.24) is 16.0 Å². The largest absolute Gasteiger partial charge is 0.390 e. The number of carbonyl (C=O) groups excluding carboxylic acids is 2. The van der Waals surface area contributed by atoms with Gasteiger partial charge in [0, 0.05) is 7.05 Å². The molecule has 0 rings (SSSR count). The third-order valence-electron chi connectivity index (χ3n) is 1.76. The van der Waals surface area contributed by atoms with Gasteiger partial charge in [0.15, 0.2) is 0 Å². The van der Waals surface area contributed by atoms with Gasteiger partial charge in [-0.05, 0) is 6.92 Å². The molecule has 0 radical (unpaired) electrons. The Morgan fingerprint density at radius 2 is 2.00 bits per heavy atom. The normalized spacial score (nSPS) is 13.1. The second-order valence-corrected chi connectivity index (χ2v) is 3.19. The third kappa shape index (κ3) is 5.56. The summed E-state index contributed by atoms with van der Waals surface area (Å²) in [5.74, 6) is -4.02. The van der Waals surface area contributed by atoms with Gasteiger partial charge in [-0.1, -0.05) is 0 Å². The van der Waals surface area contributed by atoms with E-state index in [1.54, 1.807) is 0 Å². The Bertz CT molecular complexity index is 261. The Hall–Kier alpha value is -1.28. The van der Waals surface area contributed by atoms with Crippen molar-refractivity contribution in [2.45, 2.75) is 18.9 Å². The zero-order valence-corrected chi connectivity index (χ0v) is 9.01. The first-order valence-electron chi connectivity index (χ1n) is 4.57. The highest BCUT2D eigenvalue weighted by atomic mass is 19.3. The van der Waals surface area contributed by atoms with Crippen LogP contribution in [0.2, 0.25) is 0 Å². The molecule has 0 aromatic heterocycles. The summed E-state index contributed by atoms with van der Waals surface area (Å²) in [6.45, 7) is -0.818. The van der Waals surface area contributed by atoms with Crippen LogP contribution in [0.1, 0.15) is 6.92 Å². The Morgan fingerprint density at radius 1 is 1.44 bits per heavy atom. The molecule has 0 aromatic rings. The van der Waals surface area contributed by atoms with Crippen LogP contribution < -0.4 is 16.0 Å². The molecule has 0 bridgehead atoms. The van der Waals surface area contributed by atoms with Gasteiger partial charge in [0.1, 0.15) is 6.61 Å². The number of hydrogen-bond acceptors (Lipinski definition) is 4. The zero-order valence-electron chi connectivity index (χ0n) is 9.01. The molecule has 0 saturated carbocycles. The van der Waals surface area contributed by atoms with Crippen molar-refractivity contribution in [2.75, 3.05) is 20.2 Å². The molecule has 4 N–H and O–H groups in total. The molecule has 3 amide bonds. The van der Waals surface area contributed by atoms with Crippen LogP contribution in [0.4, 0.5) is 13.6 Å². The summed E-state index contributed by atoms with van der Waals surface area (Å²) in [7, 11) is 1.32. The second kappa shape index (κ2) is 6.33. The molecular formula is C8H15F2N3O3. The number of hydrogen-bond donors (Lipinski definition) is 4. The van der Waals surface area contributed by atoms with E-state index in [2.05, 4.69) is 10.6 Å². The summed E-state index contributed by atoms with van der Waals surface area (Å²) in [5.41, 5.74) is 0. The molecule has 0 fully saturated rings. The molecule has 0 heterocycles. The molecule has 0 spiro atoms. The maximum Gasteiger partial charge on any atom is 0.321 e. The van der Waals surface area contributed by atoms with E-state index in [1.807, 2.05) is 5.32 Å². The molecule has 0 aliphatic carbocycles. The highest BCUT2D eigenvalue weighted by molar-refractivity contribution is 5.96. The van der Waals surface area contributed by atoms with E-state index < -0.39 is 37.1 Å². The van der Waals surface area contributed by atoms with Crippen LogP contribution in [0.3, 0.4) is 0 Å². The number of aliphatic hydroxyl groups is 1. The average molecular weight is 239 g/mol. The van der Waals surface area contributed by atoms with Crippen LogP contribution >= 0.6 is 0 Å². The molecule has 0 saturated heterocycles. The standard InChI is InChI=1S/C8H15F2N3O3/c1-5(6(15)13-7(16)11-2)12-3-8(9,10)4-14/h5,12,14H,3-4H2,1-2H3,(H2,11,13,15,16). The van der Waals surface area contributed by atoms with Gasteiger partial charge in [-0.15, -0.1) is 0 Å². The number of alkyl halides is 2. The number of aliphatic hydroxyl groups excluding tert-OH is 1. The summed E-state index contributed by atoms with van der Waals surface area (Å²) >= 11 is 0. The van der Waals surface area contributed by atoms with Crippen molar-refractivity contribution in [2.24, 2.45) is 0 Å². The van der Waals surface area contributed by atoms with Gasteiger partial charge in [-0.2, -0.15) is 0 Å². The van der Waals surface area contributed by atoms with Crippen LogP contribution in [0, 0.1) is 0 Å². The molecule has 16 heavy (non-hydrogen) atoms. The molecule has 1 unspecified atom stereocenters. The SMILES string of the molecule is CNC(=O)NC(=O)C(C)NCC(F)(F)CO. The Balaban J connectivity index is 4.02. The average Bonchev–Trinajstić information content (AvgIpc) is 2.25. The first-order valence-corrected chi connectivity index (χ1v) is 4.57. The minimum Gasteiger partial charge on any atom is -0.390 e. The number of halogens is 2. The second-order valence-electron chi connectivity index (χ2n) is 3.19. The topological polar surface area (TPSA) is 90.5 Å². The summed E-state index contributed by atoms with van der Waals surface area (Å²) in [5, 5.41) is 14.5. The molecular weight excluding hydrogens is 224 g/mol. The van der Waals surface area contributed by atoms with Gasteiger partial charge >= 0.3 is 6.03 Å². The predicted octanol–water partition coefficient (Wildman–Crippen LogP) is -0.952. The van der Waals surface area contributed by atoms with Crippen LogP contribution in [0.5, 0.6) is 0 Å². The van der Waals surface area contributed by atoms with Crippen LogP contribution in [0.25, 0.3) is 0 Å². The van der Waals surface area contributed by atoms with Gasteiger partial charge < -0.3 is 15.7 Å². The summed E-state index contributed by atoms with van der Waals surface area (Å²) in [4.78, 5) is 21.9. The van der Waals surface area contributed by atoms with Crippen LogP contribution in [-0.4, -0.2) is 49.2 Å². The summed E-state index contributed by atoms with van der Waals surface area (Å²) in [6, 6.07) is -1.68. The van der Waals surface area contributed by atoms with Crippen molar-refractivity contribution in [1.29, 1.82) is 0 Å². The highest BCUT2D eigenvalue weighted by Gasteiger charge is 2.29. The maximum absolute atomic E-state index is 12.6. The lowest BCUT2D eigenvalue weighted by Crippen LogP contribution is -2.50. The summed E-state index contributed by atoms with van der Waals surface area (Å²) in [6.07, 6.45) is 0. The zero-order chi connectivity index (χ0) is 12.8. The Labute approximate surface area is 91.4 Å². The predicted molar refractivity (Wildman–Crippen MR) is 52.1 cm³/mol. The minimum absolute atomic E-state index is 0.715. The summed E-state index contributed by atoms with van der Waals surface area (Å²) < 4.78 is 25.2. The maximum atomic E-state index is 12.6. The van der Waals surface area contributed by atoms with Crippen molar-refractivity contribution in [3.63, 3.8) is 0 Å². The first kappa shape index (κ1) is 14.7. The van der Waals surface area contributed by atoms with E-state index in [0.29, 0.717) is 0 Å². The molecule has 0 aliphatic rings. The molecule has 6 nitrogen and oxygen atoms in total. The Morgan fingerprint density at radius 3 is 2.44 bits per heavy atom. The minimum atomic E-state index is -3.29. The first-order chi connectivity index (χ1) is 7.32. The van der Waals surface area contributed by atoms with Crippen molar-refractivity contribution < 1.29 is 23.5 Å². The van der Waals surface area contributed by atoms with Crippen LogP contribution in [-0.2, 0) is 4.79 Å². The van der Waals surface area contributed by atoms with E-state index in [4.69, 9.17) is 5.11 Å². The lowest BCUT2D eigenvalue weighted by atomic mass is 10.3. The lowest BCUT2D eigenvalue weighted by molar-refractivity contribution is -0.122. The number of carbonyl (C=O) groups is 2. The number of nitrogens with one attached hydrogen (secondary N) is 3. The van der Waals surface area contributed by atoms with Gasteiger partial charge in [0.2, 0.25) is 5.91 Å². The van der Waals surface area contributed by atoms with Crippen LogP contribution in [0.15, 0.2) is 0 Å². The molecule has 8 heteroatoms. The van der Waals surface area contributed by atoms with Crippen molar-refractivity contribution >= 4 is 11.9 Å². The number of amides is 3. The quantitative estimate of drug-likeness (QED) is 0.498. The van der Waals surface area contributed by atoms with Gasteiger partial charge in [0.05, 0.1) is 12.6 Å². The smallest absolute Gasteiger partial charge is 0.321 e. The fraction of sp³-hybridized carbons (Fsp3) is 0.750. The van der Waals surface area contributed by atoms with E-state index in [-0.39, 0.29) is 0 Å². The number of imide groups is 1. The fourth-order valence-electron chi connectivity index (χ4n) is 0.734. The highest BCUT2D eigenvalue weighted by Crippen LogP contribution is 2.09. The molecule has 0 aliphatic heterocycles. The fourth-order valence-corrected chi connectivity index (χ4v) is 0.734. The van der Waals surface area contributed by atoms with E-state index in [1.165, 1.54) is 14.0 Å². The molecule has 0 aromatic carbocycles. The van der Waals surface area contributed by atoms with E-state index in [0.717, 1.165) is 0 Å². The monoisotopic (exact) mass is 239 g/mol. The van der Waals surface area contributed by atoms with Gasteiger partial charge in [0.25, 0.3) is 5.92 Å².